The molecule has 0 aliphatic heterocycles. The second kappa shape index (κ2) is 6.64. The summed E-state index contributed by atoms with van der Waals surface area (Å²) in [5, 5.41) is 2.88. The molecule has 0 atom stereocenters. The van der Waals surface area contributed by atoms with Crippen LogP contribution < -0.4 is 11.1 Å². The number of carbonyl (C=O) groups is 1. The number of amides is 1. The minimum atomic E-state index is -0.160. The summed E-state index contributed by atoms with van der Waals surface area (Å²) in [7, 11) is 0. The average molecular weight is 344 g/mol. The van der Waals surface area contributed by atoms with Crippen molar-refractivity contribution in [1.29, 1.82) is 0 Å². The molecule has 128 valence electrons. The van der Waals surface area contributed by atoms with Crippen LogP contribution in [0.5, 0.6) is 0 Å². The fourth-order valence-corrected chi connectivity index (χ4v) is 2.66. The van der Waals surface area contributed by atoms with E-state index in [0.717, 1.165) is 16.9 Å². The molecular weight excluding hydrogens is 328 g/mol. The van der Waals surface area contributed by atoms with E-state index in [1.807, 2.05) is 47.1 Å². The molecule has 0 fully saturated rings. The van der Waals surface area contributed by atoms with Gasteiger partial charge in [-0.05, 0) is 24.3 Å². The molecule has 4 aromatic rings. The van der Waals surface area contributed by atoms with E-state index in [2.05, 4.69) is 20.3 Å². The number of nitrogens with zero attached hydrogens (tertiary/aromatic N) is 4. The number of nitrogens with one attached hydrogen (secondary N) is 1. The summed E-state index contributed by atoms with van der Waals surface area (Å²) in [5.74, 6) is 0.198. The Bertz CT molecular complexity index is 1040. The molecule has 7 heteroatoms. The highest BCUT2D eigenvalue weighted by atomic mass is 16.1. The van der Waals surface area contributed by atoms with E-state index < -0.39 is 0 Å². The topological polar surface area (TPSA) is 98.2 Å². The van der Waals surface area contributed by atoms with E-state index in [9.17, 15) is 4.79 Å². The summed E-state index contributed by atoms with van der Waals surface area (Å²) in [4.78, 5) is 25.0. The zero-order valence-electron chi connectivity index (χ0n) is 13.8. The van der Waals surface area contributed by atoms with E-state index in [1.54, 1.807) is 18.3 Å². The van der Waals surface area contributed by atoms with E-state index in [4.69, 9.17) is 5.73 Å². The number of nitrogen functional groups attached to an aromatic ring is 1. The predicted molar refractivity (Wildman–Crippen MR) is 98.2 cm³/mol. The first-order chi connectivity index (χ1) is 12.7. The molecule has 0 aliphatic carbocycles. The summed E-state index contributed by atoms with van der Waals surface area (Å²) in [6.45, 7) is 0.364. The molecule has 7 nitrogen and oxygen atoms in total. The normalized spacial score (nSPS) is 10.8. The molecular formula is C19H16N6O. The Kier molecular flexibility index (Phi) is 4.03. The number of fused-ring (bicyclic) bond motifs is 1. The van der Waals surface area contributed by atoms with Crippen molar-refractivity contribution in [3.63, 3.8) is 0 Å². The number of nitrogens with two attached hydrogens (primary N) is 1. The van der Waals surface area contributed by atoms with Gasteiger partial charge in [0.1, 0.15) is 11.5 Å². The van der Waals surface area contributed by atoms with Crippen molar-refractivity contribution in [1.82, 2.24) is 24.7 Å². The maximum Gasteiger partial charge on any atom is 0.251 e. The first-order valence-corrected chi connectivity index (χ1v) is 8.08. The van der Waals surface area contributed by atoms with E-state index in [0.29, 0.717) is 23.6 Å². The molecule has 26 heavy (non-hydrogen) atoms. The maximum absolute atomic E-state index is 12.3. The highest BCUT2D eigenvalue weighted by Gasteiger charge is 2.08. The minimum Gasteiger partial charge on any atom is -0.382 e. The van der Waals surface area contributed by atoms with Crippen molar-refractivity contribution in [2.24, 2.45) is 0 Å². The number of imidazole rings is 1. The van der Waals surface area contributed by atoms with Crippen molar-refractivity contribution in [2.75, 3.05) is 5.73 Å². The van der Waals surface area contributed by atoms with Crippen LogP contribution in [-0.4, -0.2) is 25.3 Å². The molecule has 1 aromatic carbocycles. The molecule has 4 rings (SSSR count). The van der Waals surface area contributed by atoms with Crippen LogP contribution >= 0.6 is 0 Å². The molecule has 3 N–H and O–H groups in total. The van der Waals surface area contributed by atoms with Crippen LogP contribution in [0.4, 0.5) is 5.82 Å². The van der Waals surface area contributed by atoms with Crippen LogP contribution in [0.25, 0.3) is 16.9 Å². The number of hydrogen-bond acceptors (Lipinski definition) is 5. The third-order valence-corrected chi connectivity index (χ3v) is 3.94. The zero-order chi connectivity index (χ0) is 17.9. The largest absolute Gasteiger partial charge is 0.382 e. The molecule has 0 saturated carbocycles. The Balaban J connectivity index is 1.44. The quantitative estimate of drug-likeness (QED) is 0.592. The maximum atomic E-state index is 12.3. The van der Waals surface area contributed by atoms with Crippen LogP contribution in [0.3, 0.4) is 0 Å². The average Bonchev–Trinajstić information content (AvgIpc) is 3.09. The first-order valence-electron chi connectivity index (χ1n) is 8.08. The van der Waals surface area contributed by atoms with Gasteiger partial charge in [0.25, 0.3) is 5.91 Å². The second-order valence-electron chi connectivity index (χ2n) is 5.79. The lowest BCUT2D eigenvalue weighted by atomic mass is 10.1. The molecule has 0 radical (unpaired) electrons. The Labute approximate surface area is 149 Å². The predicted octanol–water partition coefficient (Wildman–Crippen LogP) is 2.30. The monoisotopic (exact) mass is 344 g/mol. The third-order valence-electron chi connectivity index (χ3n) is 3.94. The van der Waals surface area contributed by atoms with Gasteiger partial charge >= 0.3 is 0 Å². The number of rotatable bonds is 4. The summed E-state index contributed by atoms with van der Waals surface area (Å²) < 4.78 is 1.92. The Hall–Kier alpha value is -3.74. The third kappa shape index (κ3) is 3.23. The number of pyridine rings is 1. The summed E-state index contributed by atoms with van der Waals surface area (Å²) in [6, 6.07) is 12.9. The standard InChI is InChI=1S/C19H16N6O/c20-17-11-21-10-16(24-17)13-4-6-14(7-5-13)19(26)22-9-15-12-25-8-2-1-3-18(25)23-15/h1-8,10-12H,9H2,(H2,20,24)(H,22,26). The molecule has 0 bridgehead atoms. The van der Waals surface area contributed by atoms with Crippen LogP contribution in [0.2, 0.25) is 0 Å². The van der Waals surface area contributed by atoms with Gasteiger partial charge in [-0.25, -0.2) is 9.97 Å². The molecule has 0 saturated heterocycles. The van der Waals surface area contributed by atoms with Crippen molar-refractivity contribution in [3.05, 3.63) is 78.5 Å². The molecule has 0 unspecified atom stereocenters. The van der Waals surface area contributed by atoms with E-state index >= 15 is 0 Å². The van der Waals surface area contributed by atoms with Gasteiger partial charge in [-0.2, -0.15) is 0 Å². The van der Waals surface area contributed by atoms with Crippen LogP contribution in [0.1, 0.15) is 16.1 Å². The first kappa shape index (κ1) is 15.8. The molecule has 3 heterocycles. The zero-order valence-corrected chi connectivity index (χ0v) is 13.8. The van der Waals surface area contributed by atoms with Crippen molar-refractivity contribution >= 4 is 17.4 Å². The molecule has 3 aromatic heterocycles. The summed E-state index contributed by atoms with van der Waals surface area (Å²) >= 11 is 0. The van der Waals surface area contributed by atoms with Gasteiger partial charge in [-0.3, -0.25) is 9.78 Å². The van der Waals surface area contributed by atoms with Gasteiger partial charge < -0.3 is 15.5 Å². The molecule has 0 aliphatic rings. The highest BCUT2D eigenvalue weighted by molar-refractivity contribution is 5.94. The molecule has 0 spiro atoms. The number of hydrogen-bond donors (Lipinski definition) is 2. The lowest BCUT2D eigenvalue weighted by Gasteiger charge is -2.05. The molecule has 1 amide bonds. The highest BCUT2D eigenvalue weighted by Crippen LogP contribution is 2.17. The SMILES string of the molecule is Nc1cncc(-c2ccc(C(=O)NCc3cn4ccccc4n3)cc2)n1. The lowest BCUT2D eigenvalue weighted by Crippen LogP contribution is -2.22. The van der Waals surface area contributed by atoms with E-state index in [-0.39, 0.29) is 5.91 Å². The van der Waals surface area contributed by atoms with E-state index in [1.165, 1.54) is 6.20 Å². The summed E-state index contributed by atoms with van der Waals surface area (Å²) in [6.07, 6.45) is 6.95. The van der Waals surface area contributed by atoms with Crippen molar-refractivity contribution in [3.8, 4) is 11.3 Å². The number of carbonyl (C=O) groups excluding carboxylic acids is 1. The fraction of sp³-hybridized carbons (Fsp3) is 0.0526. The minimum absolute atomic E-state index is 0.160. The Morgan fingerprint density at radius 2 is 1.92 bits per heavy atom. The fourth-order valence-electron chi connectivity index (χ4n) is 2.66. The number of anilines is 1. The van der Waals surface area contributed by atoms with Gasteiger partial charge in [0.05, 0.1) is 30.3 Å². The van der Waals surface area contributed by atoms with Crippen molar-refractivity contribution in [2.45, 2.75) is 6.54 Å². The Morgan fingerprint density at radius 3 is 2.69 bits per heavy atom. The smallest absolute Gasteiger partial charge is 0.251 e. The number of aromatic nitrogens is 4. The van der Waals surface area contributed by atoms with Gasteiger partial charge in [-0.15, -0.1) is 0 Å². The van der Waals surface area contributed by atoms with Crippen LogP contribution in [-0.2, 0) is 6.54 Å². The number of benzene rings is 1. The van der Waals surface area contributed by atoms with Gasteiger partial charge in [-0.1, -0.05) is 18.2 Å². The second-order valence-corrected chi connectivity index (χ2v) is 5.79. The van der Waals surface area contributed by atoms with Crippen molar-refractivity contribution < 1.29 is 4.79 Å². The van der Waals surface area contributed by atoms with Crippen LogP contribution in [0.15, 0.2) is 67.3 Å². The van der Waals surface area contributed by atoms with Gasteiger partial charge in [0, 0.05) is 23.5 Å². The van der Waals surface area contributed by atoms with Gasteiger partial charge in [0.2, 0.25) is 0 Å². The summed E-state index contributed by atoms with van der Waals surface area (Å²) in [5.41, 5.74) is 9.39. The lowest BCUT2D eigenvalue weighted by molar-refractivity contribution is 0.0950. The Morgan fingerprint density at radius 1 is 1.08 bits per heavy atom. The van der Waals surface area contributed by atoms with Gasteiger partial charge in [0.15, 0.2) is 0 Å². The van der Waals surface area contributed by atoms with Crippen LogP contribution in [0, 0.1) is 0 Å².